The highest BCUT2D eigenvalue weighted by Crippen LogP contribution is 2.23. The third-order valence-corrected chi connectivity index (χ3v) is 5.89. The third kappa shape index (κ3) is 5.94. The van der Waals surface area contributed by atoms with Crippen LogP contribution in [0.1, 0.15) is 6.92 Å². The van der Waals surface area contributed by atoms with Gasteiger partial charge in [-0.15, -0.1) is 10.2 Å². The molecule has 1 fully saturated rings. The van der Waals surface area contributed by atoms with Gasteiger partial charge in [0.1, 0.15) is 0 Å². The number of benzene rings is 1. The number of aromatic nitrogens is 3. The van der Waals surface area contributed by atoms with E-state index in [0.29, 0.717) is 30.6 Å². The lowest BCUT2D eigenvalue weighted by Gasteiger charge is -2.27. The molecule has 2 N–H and O–H groups in total. The van der Waals surface area contributed by atoms with Crippen molar-refractivity contribution in [3.05, 3.63) is 28.7 Å². The molecule has 0 unspecified atom stereocenters. The van der Waals surface area contributed by atoms with E-state index < -0.39 is 0 Å². The summed E-state index contributed by atoms with van der Waals surface area (Å²) in [6.45, 7) is 5.51. The number of hydrogen-bond donors (Lipinski definition) is 2. The second-order valence-corrected chi connectivity index (χ2v) is 8.02. The average Bonchev–Trinajstić information content (AvgIpc) is 3.16. The Morgan fingerprint density at radius 3 is 2.69 bits per heavy atom. The van der Waals surface area contributed by atoms with Crippen LogP contribution in [0.2, 0.25) is 0 Å². The molecular formula is C18H23BrN6O3S. The van der Waals surface area contributed by atoms with E-state index in [0.717, 1.165) is 23.5 Å². The van der Waals surface area contributed by atoms with Crippen molar-refractivity contribution in [2.45, 2.75) is 18.6 Å². The predicted molar refractivity (Wildman–Crippen MR) is 115 cm³/mol. The summed E-state index contributed by atoms with van der Waals surface area (Å²) < 4.78 is 8.15. The number of nitrogens with zero attached hydrogens (tertiary/aromatic N) is 4. The molecule has 0 bridgehead atoms. The van der Waals surface area contributed by atoms with Crippen LogP contribution in [0.25, 0.3) is 0 Å². The minimum atomic E-state index is -0.290. The molecule has 1 aromatic carbocycles. The van der Waals surface area contributed by atoms with E-state index in [1.54, 1.807) is 6.07 Å². The number of amides is 2. The number of morpholine rings is 1. The molecule has 0 spiro atoms. The van der Waals surface area contributed by atoms with Crippen molar-refractivity contribution < 1.29 is 14.3 Å². The first-order chi connectivity index (χ1) is 14.1. The first-order valence-electron chi connectivity index (χ1n) is 9.28. The molecule has 2 aromatic rings. The first-order valence-corrected chi connectivity index (χ1v) is 11.1. The molecule has 29 heavy (non-hydrogen) atoms. The number of rotatable bonds is 8. The van der Waals surface area contributed by atoms with E-state index in [4.69, 9.17) is 4.74 Å². The summed E-state index contributed by atoms with van der Waals surface area (Å²) in [5.41, 5.74) is 0.660. The monoisotopic (exact) mass is 482 g/mol. The maximum Gasteiger partial charge on any atom is 0.243 e. The van der Waals surface area contributed by atoms with Crippen molar-refractivity contribution in [2.24, 2.45) is 0 Å². The van der Waals surface area contributed by atoms with Crippen molar-refractivity contribution in [1.29, 1.82) is 0 Å². The van der Waals surface area contributed by atoms with Crippen LogP contribution < -0.4 is 15.5 Å². The molecule has 156 valence electrons. The predicted octanol–water partition coefficient (Wildman–Crippen LogP) is 1.74. The van der Waals surface area contributed by atoms with Crippen molar-refractivity contribution in [3.8, 4) is 0 Å². The van der Waals surface area contributed by atoms with Crippen LogP contribution in [-0.2, 0) is 20.9 Å². The number of thioether (sulfide) groups is 1. The molecule has 3 rings (SSSR count). The van der Waals surface area contributed by atoms with Gasteiger partial charge in [0.25, 0.3) is 0 Å². The van der Waals surface area contributed by atoms with Gasteiger partial charge >= 0.3 is 0 Å². The molecule has 0 saturated carbocycles. The number of nitrogens with one attached hydrogen (secondary N) is 2. The van der Waals surface area contributed by atoms with Crippen molar-refractivity contribution in [3.63, 3.8) is 0 Å². The summed E-state index contributed by atoms with van der Waals surface area (Å²) in [6, 6.07) is 7.30. The van der Waals surface area contributed by atoms with Crippen LogP contribution in [0.3, 0.4) is 0 Å². The lowest BCUT2D eigenvalue weighted by atomic mass is 10.3. The number of carbonyl (C=O) groups excluding carboxylic acids is 2. The van der Waals surface area contributed by atoms with E-state index in [1.807, 2.05) is 29.7 Å². The van der Waals surface area contributed by atoms with Gasteiger partial charge in [-0.05, 0) is 35.0 Å². The van der Waals surface area contributed by atoms with Crippen LogP contribution in [0.15, 0.2) is 33.9 Å². The second kappa shape index (κ2) is 10.6. The summed E-state index contributed by atoms with van der Waals surface area (Å²) in [6.07, 6.45) is 0. The first kappa shape index (κ1) is 21.6. The lowest BCUT2D eigenvalue weighted by Crippen LogP contribution is -2.38. The number of para-hydroxylation sites is 1. The SMILES string of the molecule is CCn1c(SCC(=O)NCC(=O)Nc2ccccc2Br)nnc1N1CCOCC1. The van der Waals surface area contributed by atoms with E-state index in [9.17, 15) is 9.59 Å². The van der Waals surface area contributed by atoms with E-state index >= 15 is 0 Å². The van der Waals surface area contributed by atoms with Crippen LogP contribution in [-0.4, -0.2) is 65.2 Å². The van der Waals surface area contributed by atoms with Gasteiger partial charge in [-0.2, -0.15) is 0 Å². The number of ether oxygens (including phenoxy) is 1. The van der Waals surface area contributed by atoms with Gasteiger partial charge in [0.05, 0.1) is 31.2 Å². The van der Waals surface area contributed by atoms with Crippen LogP contribution in [0, 0.1) is 0 Å². The summed E-state index contributed by atoms with van der Waals surface area (Å²) in [5, 5.41) is 14.6. The molecule has 1 aromatic heterocycles. The minimum Gasteiger partial charge on any atom is -0.378 e. The average molecular weight is 483 g/mol. The lowest BCUT2D eigenvalue weighted by molar-refractivity contribution is -0.122. The Labute approximate surface area is 181 Å². The molecule has 2 heterocycles. The van der Waals surface area contributed by atoms with Crippen LogP contribution in [0.5, 0.6) is 0 Å². The van der Waals surface area contributed by atoms with Gasteiger partial charge in [-0.25, -0.2) is 0 Å². The highest BCUT2D eigenvalue weighted by atomic mass is 79.9. The number of anilines is 2. The van der Waals surface area contributed by atoms with Crippen molar-refractivity contribution in [1.82, 2.24) is 20.1 Å². The van der Waals surface area contributed by atoms with Gasteiger partial charge in [0.2, 0.25) is 17.8 Å². The molecule has 0 aliphatic carbocycles. The third-order valence-electron chi connectivity index (χ3n) is 4.23. The van der Waals surface area contributed by atoms with Gasteiger partial charge in [-0.3, -0.25) is 14.2 Å². The molecule has 9 nitrogen and oxygen atoms in total. The Hall–Kier alpha value is -2.11. The topological polar surface area (TPSA) is 101 Å². The maximum atomic E-state index is 12.1. The Morgan fingerprint density at radius 2 is 1.97 bits per heavy atom. The van der Waals surface area contributed by atoms with Crippen LogP contribution >= 0.6 is 27.7 Å². The Kier molecular flexibility index (Phi) is 7.90. The normalized spacial score (nSPS) is 13.9. The van der Waals surface area contributed by atoms with E-state index in [-0.39, 0.29) is 24.1 Å². The fourth-order valence-corrected chi connectivity index (χ4v) is 3.99. The zero-order chi connectivity index (χ0) is 20.6. The quantitative estimate of drug-likeness (QED) is 0.552. The molecule has 0 atom stereocenters. The maximum absolute atomic E-state index is 12.1. The molecule has 11 heteroatoms. The smallest absolute Gasteiger partial charge is 0.243 e. The summed E-state index contributed by atoms with van der Waals surface area (Å²) in [7, 11) is 0. The zero-order valence-corrected chi connectivity index (χ0v) is 18.5. The zero-order valence-electron chi connectivity index (χ0n) is 16.1. The van der Waals surface area contributed by atoms with Crippen molar-refractivity contribution >= 4 is 51.1 Å². The minimum absolute atomic E-state index is 0.0970. The number of hydrogen-bond acceptors (Lipinski definition) is 7. The largest absolute Gasteiger partial charge is 0.378 e. The molecule has 1 aliphatic rings. The van der Waals surface area contributed by atoms with Gasteiger partial charge in [0.15, 0.2) is 5.16 Å². The Balaban J connectivity index is 1.47. The molecule has 1 aliphatic heterocycles. The number of halogens is 1. The van der Waals surface area contributed by atoms with Crippen LogP contribution in [0.4, 0.5) is 11.6 Å². The molecular weight excluding hydrogens is 460 g/mol. The molecule has 1 saturated heterocycles. The fourth-order valence-electron chi connectivity index (χ4n) is 2.78. The van der Waals surface area contributed by atoms with E-state index in [1.165, 1.54) is 11.8 Å². The summed E-state index contributed by atoms with van der Waals surface area (Å²) in [4.78, 5) is 26.3. The standard InChI is InChI=1S/C18H23BrN6O3S/c1-2-25-17(24-7-9-28-10-8-24)22-23-18(25)29-12-16(27)20-11-15(26)21-14-6-4-3-5-13(14)19/h3-6H,2,7-12H2,1H3,(H,20,27)(H,21,26). The Morgan fingerprint density at radius 1 is 1.21 bits per heavy atom. The highest BCUT2D eigenvalue weighted by molar-refractivity contribution is 9.10. The summed E-state index contributed by atoms with van der Waals surface area (Å²) in [5.74, 6) is 0.424. The van der Waals surface area contributed by atoms with Gasteiger partial charge in [-0.1, -0.05) is 23.9 Å². The highest BCUT2D eigenvalue weighted by Gasteiger charge is 2.20. The fraction of sp³-hybridized carbons (Fsp3) is 0.444. The Bertz CT molecular complexity index is 856. The second-order valence-electron chi connectivity index (χ2n) is 6.22. The number of carbonyl (C=O) groups is 2. The van der Waals surface area contributed by atoms with E-state index in [2.05, 4.69) is 41.7 Å². The van der Waals surface area contributed by atoms with Crippen molar-refractivity contribution in [2.75, 3.05) is 48.8 Å². The molecule has 2 amide bonds. The summed E-state index contributed by atoms with van der Waals surface area (Å²) >= 11 is 4.67. The molecule has 0 radical (unpaired) electrons. The van der Waals surface area contributed by atoms with Gasteiger partial charge in [0, 0.05) is 24.1 Å². The van der Waals surface area contributed by atoms with Gasteiger partial charge < -0.3 is 20.3 Å².